The quantitative estimate of drug-likeness (QED) is 0.194. The van der Waals surface area contributed by atoms with Gasteiger partial charge in [0.05, 0.1) is 16.9 Å². The van der Waals surface area contributed by atoms with Crippen LogP contribution in [0, 0.1) is 0 Å². The third kappa shape index (κ3) is 5.01. The smallest absolute Gasteiger partial charge is 0.160 e. The molecule has 0 saturated carbocycles. The van der Waals surface area contributed by atoms with Crippen molar-refractivity contribution in [1.82, 2.24) is 14.5 Å². The maximum Gasteiger partial charge on any atom is 0.160 e. The lowest BCUT2D eigenvalue weighted by atomic mass is 9.81. The Hall–Kier alpha value is -5.32. The Bertz CT molecular complexity index is 2270. The Morgan fingerprint density at radius 2 is 1.15 bits per heavy atom. The van der Waals surface area contributed by atoms with Gasteiger partial charge in [-0.2, -0.15) is 0 Å². The maximum atomic E-state index is 5.10. The number of para-hydroxylation sites is 1. The largest absolute Gasteiger partial charge is 0.301 e. The summed E-state index contributed by atoms with van der Waals surface area (Å²) in [5, 5.41) is 4.79. The predicted octanol–water partition coefficient (Wildman–Crippen LogP) is 11.6. The third-order valence-electron chi connectivity index (χ3n) is 8.67. The van der Waals surface area contributed by atoms with Gasteiger partial charge in [-0.15, -0.1) is 11.3 Å². The van der Waals surface area contributed by atoms with Crippen molar-refractivity contribution < 1.29 is 0 Å². The molecule has 3 nitrogen and oxygen atoms in total. The molecule has 4 heteroatoms. The molecule has 3 aromatic heterocycles. The molecule has 0 saturated heterocycles. The normalized spacial score (nSPS) is 11.8. The van der Waals surface area contributed by atoms with Crippen LogP contribution in [0.15, 0.2) is 145 Å². The lowest BCUT2D eigenvalue weighted by Crippen LogP contribution is -2.13. The molecule has 0 fully saturated rings. The van der Waals surface area contributed by atoms with Gasteiger partial charge in [-0.05, 0) is 63.9 Å². The van der Waals surface area contributed by atoms with E-state index in [1.807, 2.05) is 12.1 Å². The zero-order chi connectivity index (χ0) is 31.3. The Morgan fingerprint density at radius 1 is 0.543 bits per heavy atom. The van der Waals surface area contributed by atoms with E-state index in [4.69, 9.17) is 9.97 Å². The summed E-state index contributed by atoms with van der Waals surface area (Å²) in [6.45, 7) is 6.83. The highest BCUT2D eigenvalue weighted by Gasteiger charge is 2.22. The third-order valence-corrected chi connectivity index (χ3v) is 9.57. The summed E-state index contributed by atoms with van der Waals surface area (Å²) in [5.74, 6) is 0.729. The molecule has 0 radical (unpaired) electrons. The van der Waals surface area contributed by atoms with E-state index in [-0.39, 0.29) is 5.41 Å². The van der Waals surface area contributed by atoms with Gasteiger partial charge in [0.1, 0.15) is 4.83 Å². The molecule has 0 unspecified atom stereocenters. The van der Waals surface area contributed by atoms with Crippen LogP contribution in [0.3, 0.4) is 0 Å². The van der Waals surface area contributed by atoms with Gasteiger partial charge in [-0.25, -0.2) is 9.97 Å². The van der Waals surface area contributed by atoms with Gasteiger partial charge < -0.3 is 4.57 Å². The minimum Gasteiger partial charge on any atom is -0.301 e. The summed E-state index contributed by atoms with van der Waals surface area (Å²) >= 11 is 1.79. The van der Waals surface area contributed by atoms with Gasteiger partial charge in [-0.3, -0.25) is 0 Å². The summed E-state index contributed by atoms with van der Waals surface area (Å²) in [6.07, 6.45) is 0. The Labute approximate surface area is 273 Å². The van der Waals surface area contributed by atoms with Crippen molar-refractivity contribution in [2.24, 2.45) is 0 Å². The number of nitrogens with zero attached hydrogens (tertiary/aromatic N) is 3. The minimum atomic E-state index is -0.0942. The summed E-state index contributed by atoms with van der Waals surface area (Å²) < 4.78 is 2.38. The first kappa shape index (κ1) is 28.2. The fourth-order valence-corrected chi connectivity index (χ4v) is 7.32. The molecule has 3 heterocycles. The van der Waals surface area contributed by atoms with E-state index in [0.29, 0.717) is 0 Å². The van der Waals surface area contributed by atoms with Crippen molar-refractivity contribution in [1.29, 1.82) is 0 Å². The average Bonchev–Trinajstić information content (AvgIpc) is 3.70. The number of fused-ring (bicyclic) bond motifs is 3. The molecule has 0 N–H and O–H groups in total. The van der Waals surface area contributed by atoms with Gasteiger partial charge in [0.25, 0.3) is 0 Å². The molecule has 0 bridgehead atoms. The monoisotopic (exact) mass is 611 g/mol. The first-order valence-electron chi connectivity index (χ1n) is 15.7. The minimum absolute atomic E-state index is 0.0942. The Balaban J connectivity index is 1.23. The zero-order valence-electron chi connectivity index (χ0n) is 26.1. The van der Waals surface area contributed by atoms with E-state index in [1.54, 1.807) is 11.3 Å². The first-order valence-corrected chi connectivity index (χ1v) is 16.5. The molecule has 0 amide bonds. The molecular weight excluding hydrogens is 579 g/mol. The molecule has 0 spiro atoms. The zero-order valence-corrected chi connectivity index (χ0v) is 26.9. The van der Waals surface area contributed by atoms with Crippen molar-refractivity contribution >= 4 is 32.5 Å². The van der Waals surface area contributed by atoms with Gasteiger partial charge in [0.2, 0.25) is 0 Å². The van der Waals surface area contributed by atoms with Gasteiger partial charge in [0.15, 0.2) is 5.82 Å². The van der Waals surface area contributed by atoms with Crippen LogP contribution in [0.4, 0.5) is 0 Å². The van der Waals surface area contributed by atoms with Crippen LogP contribution >= 0.6 is 11.3 Å². The van der Waals surface area contributed by atoms with Crippen LogP contribution in [0.2, 0.25) is 0 Å². The van der Waals surface area contributed by atoms with Gasteiger partial charge in [-0.1, -0.05) is 124 Å². The lowest BCUT2D eigenvalue weighted by Gasteiger charge is -2.24. The van der Waals surface area contributed by atoms with E-state index in [2.05, 4.69) is 158 Å². The fraction of sp³-hybridized carbons (Fsp3) is 0.0952. The Morgan fingerprint density at radius 3 is 1.80 bits per heavy atom. The highest BCUT2D eigenvalue weighted by molar-refractivity contribution is 7.17. The van der Waals surface area contributed by atoms with Crippen LogP contribution in [0.1, 0.15) is 26.3 Å². The number of benzene rings is 5. The first-order chi connectivity index (χ1) is 22.4. The molecule has 0 atom stereocenters. The lowest BCUT2D eigenvalue weighted by molar-refractivity contribution is 0.592. The molecule has 0 aliphatic heterocycles. The molecule has 5 aromatic carbocycles. The molecule has 0 aliphatic carbocycles. The summed E-state index contributed by atoms with van der Waals surface area (Å²) in [5.41, 5.74) is 11.0. The van der Waals surface area contributed by atoms with Crippen LogP contribution in [-0.4, -0.2) is 14.5 Å². The molecule has 222 valence electrons. The number of aromatic nitrogens is 3. The number of hydrogen-bond donors (Lipinski definition) is 0. The van der Waals surface area contributed by atoms with E-state index in [0.717, 1.165) is 33.9 Å². The highest BCUT2D eigenvalue weighted by Crippen LogP contribution is 2.39. The van der Waals surface area contributed by atoms with Crippen LogP contribution in [0.25, 0.3) is 71.8 Å². The SMILES string of the molecule is CC(C)(C)c1cc(-c2nc(-c3ccccc3)cc(-c3ccccc3)n2)ccc1-c1ccc(-n2c3ccccc3c3ccsc32)cc1. The summed E-state index contributed by atoms with van der Waals surface area (Å²) in [6, 6.07) is 49.4. The van der Waals surface area contributed by atoms with E-state index in [1.165, 1.54) is 43.5 Å². The second kappa shape index (κ2) is 11.2. The summed E-state index contributed by atoms with van der Waals surface area (Å²) in [7, 11) is 0. The maximum absolute atomic E-state index is 5.10. The molecule has 0 aliphatic rings. The van der Waals surface area contributed by atoms with Crippen molar-refractivity contribution in [3.05, 3.63) is 150 Å². The molecule has 8 rings (SSSR count). The van der Waals surface area contributed by atoms with Crippen molar-refractivity contribution in [2.45, 2.75) is 26.2 Å². The van der Waals surface area contributed by atoms with E-state index in [9.17, 15) is 0 Å². The second-order valence-corrected chi connectivity index (χ2v) is 13.6. The predicted molar refractivity (Wildman–Crippen MR) is 195 cm³/mol. The number of rotatable bonds is 5. The molecule has 8 aromatic rings. The van der Waals surface area contributed by atoms with Gasteiger partial charge >= 0.3 is 0 Å². The van der Waals surface area contributed by atoms with Crippen LogP contribution in [0.5, 0.6) is 0 Å². The summed E-state index contributed by atoms with van der Waals surface area (Å²) in [4.78, 5) is 11.5. The second-order valence-electron chi connectivity index (χ2n) is 12.7. The highest BCUT2D eigenvalue weighted by atomic mass is 32.1. The van der Waals surface area contributed by atoms with Crippen molar-refractivity contribution in [3.8, 4) is 50.7 Å². The molecular formula is C42H33N3S. The van der Waals surface area contributed by atoms with E-state index >= 15 is 0 Å². The topological polar surface area (TPSA) is 30.7 Å². The fourth-order valence-electron chi connectivity index (χ4n) is 6.38. The average molecular weight is 612 g/mol. The number of hydrogen-bond acceptors (Lipinski definition) is 3. The van der Waals surface area contributed by atoms with E-state index < -0.39 is 0 Å². The van der Waals surface area contributed by atoms with Crippen molar-refractivity contribution in [2.75, 3.05) is 0 Å². The van der Waals surface area contributed by atoms with Crippen LogP contribution in [-0.2, 0) is 5.41 Å². The van der Waals surface area contributed by atoms with Crippen LogP contribution < -0.4 is 0 Å². The molecule has 46 heavy (non-hydrogen) atoms. The standard InChI is InChI=1S/C42H33N3S/c1-42(2,3)36-26-31(40-43-37(29-12-6-4-7-13-29)27-38(44-40)30-14-8-5-9-15-30)20-23-33(36)28-18-21-32(22-19-28)45-39-17-11-10-16-34(39)35-24-25-46-41(35)45/h4-27H,1-3H3. The number of thiophene rings is 1. The van der Waals surface area contributed by atoms with Crippen molar-refractivity contribution in [3.63, 3.8) is 0 Å². The Kier molecular flexibility index (Phi) is 6.88. The van der Waals surface area contributed by atoms with Gasteiger partial charge in [0, 0.05) is 33.2 Å².